The molecule has 0 spiro atoms. The average molecular weight is 508 g/mol. The highest BCUT2D eigenvalue weighted by atomic mass is 19.4. The second kappa shape index (κ2) is 11.3. The van der Waals surface area contributed by atoms with Gasteiger partial charge < -0.3 is 19.0 Å². The fourth-order valence-corrected chi connectivity index (χ4v) is 3.73. The number of ether oxygens (including phenoxy) is 3. The molecule has 2 atom stereocenters. The van der Waals surface area contributed by atoms with Crippen molar-refractivity contribution in [2.24, 2.45) is 0 Å². The van der Waals surface area contributed by atoms with Gasteiger partial charge in [0, 0.05) is 44.8 Å². The van der Waals surface area contributed by atoms with Crippen LogP contribution in [0.15, 0.2) is 36.5 Å². The molecule has 1 saturated heterocycles. The predicted octanol–water partition coefficient (Wildman–Crippen LogP) is 6.11. The molecule has 2 aromatic rings. The van der Waals surface area contributed by atoms with Gasteiger partial charge in [-0.1, -0.05) is 13.3 Å². The lowest BCUT2D eigenvalue weighted by atomic mass is 9.97. The standard InChI is InChI=1S/C23H26F6N2O4/c1-3-4-17-12-18(9-10-31(17)35-21-8-6-16(13-30-21)23(27,28)29)34-19-7-5-15(22(24,25)26)11-20(19)33-14-32-2/h5-8,11,13,17-18H,3-4,9-10,12,14H2,1-2H3/t17-,18-/m0/s1. The maximum absolute atomic E-state index is 13.1. The molecular formula is C23H26F6N2O4. The summed E-state index contributed by atoms with van der Waals surface area (Å²) in [6, 6.07) is 4.94. The number of aromatic nitrogens is 1. The van der Waals surface area contributed by atoms with Gasteiger partial charge in [0.25, 0.3) is 0 Å². The molecular weight excluding hydrogens is 482 g/mol. The van der Waals surface area contributed by atoms with Crippen LogP contribution in [-0.2, 0) is 17.1 Å². The number of pyridine rings is 1. The van der Waals surface area contributed by atoms with Gasteiger partial charge in [-0.15, -0.1) is 5.06 Å². The van der Waals surface area contributed by atoms with Crippen molar-refractivity contribution in [2.45, 2.75) is 57.1 Å². The summed E-state index contributed by atoms with van der Waals surface area (Å²) in [6.07, 6.45) is -6.19. The highest BCUT2D eigenvalue weighted by molar-refractivity contribution is 5.44. The maximum Gasteiger partial charge on any atom is 0.417 e. The van der Waals surface area contributed by atoms with E-state index < -0.39 is 23.5 Å². The lowest BCUT2D eigenvalue weighted by Gasteiger charge is -2.38. The van der Waals surface area contributed by atoms with Crippen LogP contribution in [0.4, 0.5) is 26.3 Å². The Morgan fingerprint density at radius 2 is 1.71 bits per heavy atom. The number of piperidine rings is 1. The number of benzene rings is 1. The van der Waals surface area contributed by atoms with Crippen molar-refractivity contribution in [1.29, 1.82) is 0 Å². The average Bonchev–Trinajstić information content (AvgIpc) is 2.79. The first-order valence-corrected chi connectivity index (χ1v) is 11.0. The Balaban J connectivity index is 1.69. The molecule has 0 unspecified atom stereocenters. The molecule has 1 aliphatic heterocycles. The smallest absolute Gasteiger partial charge is 0.417 e. The van der Waals surface area contributed by atoms with E-state index in [1.54, 1.807) is 5.06 Å². The molecule has 0 aliphatic carbocycles. The van der Waals surface area contributed by atoms with Crippen molar-refractivity contribution in [2.75, 3.05) is 20.4 Å². The third-order valence-electron chi connectivity index (χ3n) is 5.41. The number of hydrogen-bond acceptors (Lipinski definition) is 6. The third-order valence-corrected chi connectivity index (χ3v) is 5.41. The number of hydrogen-bond donors (Lipinski definition) is 0. The van der Waals surface area contributed by atoms with E-state index in [0.29, 0.717) is 32.0 Å². The summed E-state index contributed by atoms with van der Waals surface area (Å²) in [5, 5.41) is 1.66. The molecule has 1 aromatic heterocycles. The lowest BCUT2D eigenvalue weighted by molar-refractivity contribution is -0.140. The van der Waals surface area contributed by atoms with Crippen LogP contribution in [0.25, 0.3) is 0 Å². The molecule has 35 heavy (non-hydrogen) atoms. The van der Waals surface area contributed by atoms with Crippen LogP contribution in [0.2, 0.25) is 0 Å². The van der Waals surface area contributed by atoms with Gasteiger partial charge in [-0.2, -0.15) is 26.3 Å². The zero-order chi connectivity index (χ0) is 25.6. The van der Waals surface area contributed by atoms with Gasteiger partial charge in [0.1, 0.15) is 6.10 Å². The summed E-state index contributed by atoms with van der Waals surface area (Å²) in [4.78, 5) is 9.50. The van der Waals surface area contributed by atoms with E-state index in [9.17, 15) is 26.3 Å². The molecule has 1 aromatic carbocycles. The minimum Gasteiger partial charge on any atom is -0.486 e. The Labute approximate surface area is 198 Å². The summed E-state index contributed by atoms with van der Waals surface area (Å²) in [5.74, 6) is 0.117. The predicted molar refractivity (Wildman–Crippen MR) is 113 cm³/mol. The Morgan fingerprint density at radius 1 is 1.00 bits per heavy atom. The fourth-order valence-electron chi connectivity index (χ4n) is 3.73. The van der Waals surface area contributed by atoms with Crippen molar-refractivity contribution >= 4 is 0 Å². The van der Waals surface area contributed by atoms with Crippen LogP contribution in [0.5, 0.6) is 17.4 Å². The quantitative estimate of drug-likeness (QED) is 0.301. The van der Waals surface area contributed by atoms with Gasteiger partial charge in [0.2, 0.25) is 5.88 Å². The SMILES string of the molecule is CCC[C@H]1C[C@@H](Oc2ccc(C(F)(F)F)cc2OCOC)CCN1Oc1ccc(C(F)(F)F)cn1. The normalized spacial score (nSPS) is 19.4. The first kappa shape index (κ1) is 26.9. The van der Waals surface area contributed by atoms with Crippen molar-refractivity contribution < 1.29 is 45.4 Å². The Kier molecular flexibility index (Phi) is 8.70. The second-order valence-electron chi connectivity index (χ2n) is 8.03. The molecule has 1 aliphatic rings. The summed E-state index contributed by atoms with van der Waals surface area (Å²) in [5.41, 5.74) is -1.74. The summed E-state index contributed by atoms with van der Waals surface area (Å²) in [6.45, 7) is 2.11. The van der Waals surface area contributed by atoms with Gasteiger partial charge in [-0.25, -0.2) is 4.98 Å². The monoisotopic (exact) mass is 508 g/mol. The maximum atomic E-state index is 13.1. The van der Waals surface area contributed by atoms with Gasteiger partial charge in [0.05, 0.1) is 11.1 Å². The van der Waals surface area contributed by atoms with E-state index in [2.05, 4.69) is 4.98 Å². The van der Waals surface area contributed by atoms with E-state index in [0.717, 1.165) is 30.7 Å². The molecule has 2 heterocycles. The molecule has 1 fully saturated rings. The van der Waals surface area contributed by atoms with Crippen molar-refractivity contribution in [1.82, 2.24) is 10.0 Å². The number of alkyl halides is 6. The number of rotatable bonds is 9. The first-order chi connectivity index (χ1) is 16.5. The number of halogens is 6. The lowest BCUT2D eigenvalue weighted by Crippen LogP contribution is -2.47. The highest BCUT2D eigenvalue weighted by Gasteiger charge is 2.34. The first-order valence-electron chi connectivity index (χ1n) is 11.0. The molecule has 0 saturated carbocycles. The zero-order valence-corrected chi connectivity index (χ0v) is 19.2. The zero-order valence-electron chi connectivity index (χ0n) is 19.2. The van der Waals surface area contributed by atoms with Crippen LogP contribution < -0.4 is 14.3 Å². The molecule has 12 heteroatoms. The number of methoxy groups -OCH3 is 1. The molecule has 0 bridgehead atoms. The second-order valence-corrected chi connectivity index (χ2v) is 8.03. The van der Waals surface area contributed by atoms with Crippen LogP contribution in [0.3, 0.4) is 0 Å². The molecule has 3 rings (SSSR count). The highest BCUT2D eigenvalue weighted by Crippen LogP contribution is 2.38. The molecule has 0 radical (unpaired) electrons. The van der Waals surface area contributed by atoms with Gasteiger partial charge >= 0.3 is 12.4 Å². The summed E-state index contributed by atoms with van der Waals surface area (Å²) >= 11 is 0. The van der Waals surface area contributed by atoms with Gasteiger partial charge in [0.15, 0.2) is 18.3 Å². The minimum absolute atomic E-state index is 0.0384. The van der Waals surface area contributed by atoms with Crippen molar-refractivity contribution in [3.63, 3.8) is 0 Å². The molecule has 0 amide bonds. The van der Waals surface area contributed by atoms with E-state index in [1.165, 1.54) is 13.2 Å². The van der Waals surface area contributed by atoms with E-state index >= 15 is 0 Å². The Hall–Kier alpha value is -2.73. The van der Waals surface area contributed by atoms with Crippen LogP contribution >= 0.6 is 0 Å². The van der Waals surface area contributed by atoms with Gasteiger partial charge in [-0.05, 0) is 30.7 Å². The third kappa shape index (κ3) is 7.38. The molecule has 194 valence electrons. The van der Waals surface area contributed by atoms with Gasteiger partial charge in [-0.3, -0.25) is 0 Å². The Bertz CT molecular complexity index is 953. The fraction of sp³-hybridized carbons (Fsp3) is 0.522. The van der Waals surface area contributed by atoms with Crippen LogP contribution in [0.1, 0.15) is 43.7 Å². The largest absolute Gasteiger partial charge is 0.486 e. The summed E-state index contributed by atoms with van der Waals surface area (Å²) < 4.78 is 93.7. The number of hydroxylamine groups is 2. The molecule has 6 nitrogen and oxygen atoms in total. The van der Waals surface area contributed by atoms with E-state index in [4.69, 9.17) is 19.0 Å². The minimum atomic E-state index is -4.54. The molecule has 0 N–H and O–H groups in total. The van der Waals surface area contributed by atoms with Crippen LogP contribution in [0, 0.1) is 0 Å². The summed E-state index contributed by atoms with van der Waals surface area (Å²) in [7, 11) is 1.35. The van der Waals surface area contributed by atoms with Crippen molar-refractivity contribution in [3.8, 4) is 17.4 Å². The topological polar surface area (TPSA) is 53.0 Å². The van der Waals surface area contributed by atoms with E-state index in [-0.39, 0.29) is 36.3 Å². The number of nitrogens with zero attached hydrogens (tertiary/aromatic N) is 2. The van der Waals surface area contributed by atoms with Crippen molar-refractivity contribution in [3.05, 3.63) is 47.7 Å². The Morgan fingerprint density at radius 3 is 2.31 bits per heavy atom. The van der Waals surface area contributed by atoms with Crippen LogP contribution in [-0.4, -0.2) is 42.6 Å². The van der Waals surface area contributed by atoms with E-state index in [1.807, 2.05) is 6.92 Å².